The molecule has 2 aromatic rings. The highest BCUT2D eigenvalue weighted by Gasteiger charge is 2.12. The number of carboxylic acid groups (broad SMARTS) is 1. The van der Waals surface area contributed by atoms with Gasteiger partial charge < -0.3 is 14.9 Å². The minimum Gasteiger partial charge on any atom is -0.478 e. The maximum Gasteiger partial charge on any atom is 0.337 e. The third-order valence-corrected chi connectivity index (χ3v) is 2.55. The first-order valence-corrected chi connectivity index (χ1v) is 5.43. The van der Waals surface area contributed by atoms with E-state index in [1.807, 2.05) is 0 Å². The Morgan fingerprint density at radius 1 is 1.50 bits per heavy atom. The number of nitrogens with one attached hydrogen (secondary N) is 1. The van der Waals surface area contributed by atoms with Crippen molar-refractivity contribution in [1.29, 1.82) is 0 Å². The molecule has 0 amide bonds. The fraction of sp³-hybridized carbons (Fsp3) is 0.200. The van der Waals surface area contributed by atoms with E-state index in [2.05, 4.69) is 25.0 Å². The first kappa shape index (κ1) is 12.3. The monoisotopic (exact) mass is 268 g/mol. The first-order chi connectivity index (χ1) is 8.68. The topological polar surface area (TPSA) is 101 Å². The Kier molecular flexibility index (Phi) is 3.73. The average Bonchev–Trinajstić information content (AvgIpc) is 2.84. The molecule has 0 aliphatic rings. The molecule has 8 heteroatoms. The zero-order chi connectivity index (χ0) is 13.0. The van der Waals surface area contributed by atoms with Crippen LogP contribution in [0.25, 0.3) is 0 Å². The molecule has 0 atom stereocenters. The molecular weight excluding hydrogens is 260 g/mol. The summed E-state index contributed by atoms with van der Waals surface area (Å²) < 4.78 is 4.58. The van der Waals surface area contributed by atoms with Crippen LogP contribution in [0.2, 0.25) is 5.02 Å². The number of rotatable bonds is 5. The van der Waals surface area contributed by atoms with Crippen molar-refractivity contribution in [2.45, 2.75) is 6.42 Å². The van der Waals surface area contributed by atoms with Gasteiger partial charge in [-0.25, -0.2) is 9.78 Å². The maximum absolute atomic E-state index is 10.9. The van der Waals surface area contributed by atoms with Gasteiger partial charge in [0, 0.05) is 19.2 Å². The lowest BCUT2D eigenvalue weighted by atomic mass is 10.2. The van der Waals surface area contributed by atoms with Gasteiger partial charge in [-0.3, -0.25) is 0 Å². The van der Waals surface area contributed by atoms with Crippen molar-refractivity contribution in [1.82, 2.24) is 15.1 Å². The molecule has 2 N–H and O–H groups in total. The summed E-state index contributed by atoms with van der Waals surface area (Å²) in [5, 5.41) is 15.5. The summed E-state index contributed by atoms with van der Waals surface area (Å²) in [6, 6.07) is 1.34. The van der Waals surface area contributed by atoms with E-state index in [1.165, 1.54) is 18.7 Å². The summed E-state index contributed by atoms with van der Waals surface area (Å²) in [4.78, 5) is 18.7. The predicted octanol–water partition coefficient (Wildman–Crippen LogP) is 1.47. The standard InChI is InChI=1S/C10H9ClN4O3/c11-8-6(10(16)17)1-3-12-9(8)13-4-2-7-14-5-18-15-7/h1,3,5H,2,4H2,(H,12,13)(H,16,17). The Hall–Kier alpha value is -2.15. The van der Waals surface area contributed by atoms with Crippen molar-refractivity contribution in [3.8, 4) is 0 Å². The summed E-state index contributed by atoms with van der Waals surface area (Å²) in [7, 11) is 0. The fourth-order valence-corrected chi connectivity index (χ4v) is 1.59. The second-order valence-electron chi connectivity index (χ2n) is 3.35. The van der Waals surface area contributed by atoms with Gasteiger partial charge >= 0.3 is 5.97 Å². The molecule has 94 valence electrons. The molecule has 0 bridgehead atoms. The van der Waals surface area contributed by atoms with Gasteiger partial charge in [-0.15, -0.1) is 0 Å². The molecular formula is C10H9ClN4O3. The van der Waals surface area contributed by atoms with Crippen LogP contribution in [-0.4, -0.2) is 32.7 Å². The lowest BCUT2D eigenvalue weighted by Crippen LogP contribution is -2.09. The van der Waals surface area contributed by atoms with E-state index < -0.39 is 5.97 Å². The van der Waals surface area contributed by atoms with E-state index in [9.17, 15) is 4.79 Å². The Balaban J connectivity index is 2.01. The van der Waals surface area contributed by atoms with Crippen LogP contribution in [0, 0.1) is 0 Å². The summed E-state index contributed by atoms with van der Waals surface area (Å²) in [5.74, 6) is -0.225. The van der Waals surface area contributed by atoms with Gasteiger partial charge in [0.25, 0.3) is 0 Å². The van der Waals surface area contributed by atoms with E-state index in [0.717, 1.165) is 0 Å². The first-order valence-electron chi connectivity index (χ1n) is 5.05. The minimum absolute atomic E-state index is 0.00808. The van der Waals surface area contributed by atoms with Crippen LogP contribution < -0.4 is 5.32 Å². The van der Waals surface area contributed by atoms with Crippen molar-refractivity contribution in [3.63, 3.8) is 0 Å². The van der Waals surface area contributed by atoms with Crippen molar-refractivity contribution in [2.24, 2.45) is 0 Å². The summed E-state index contributed by atoms with van der Waals surface area (Å²) in [5.41, 5.74) is 0.00808. The van der Waals surface area contributed by atoms with Crippen LogP contribution in [0.3, 0.4) is 0 Å². The Labute approximate surface area is 107 Å². The number of hydrogen-bond donors (Lipinski definition) is 2. The highest BCUT2D eigenvalue weighted by atomic mass is 35.5. The molecule has 0 aliphatic heterocycles. The normalized spacial score (nSPS) is 10.3. The number of anilines is 1. The molecule has 0 radical (unpaired) electrons. The van der Waals surface area contributed by atoms with Gasteiger partial charge in [0.2, 0.25) is 6.39 Å². The molecule has 2 aromatic heterocycles. The Bertz CT molecular complexity index is 544. The number of nitrogens with zero attached hydrogens (tertiary/aromatic N) is 3. The zero-order valence-electron chi connectivity index (χ0n) is 9.13. The zero-order valence-corrected chi connectivity index (χ0v) is 9.89. The smallest absolute Gasteiger partial charge is 0.337 e. The van der Waals surface area contributed by atoms with Crippen molar-refractivity contribution >= 4 is 23.4 Å². The molecule has 2 heterocycles. The third kappa shape index (κ3) is 2.75. The number of pyridine rings is 1. The number of aromatic nitrogens is 3. The molecule has 0 saturated carbocycles. The Morgan fingerprint density at radius 3 is 3.00 bits per heavy atom. The summed E-state index contributed by atoms with van der Waals surface area (Å²) in [6.45, 7) is 0.468. The number of aromatic carboxylic acids is 1. The highest BCUT2D eigenvalue weighted by Crippen LogP contribution is 2.23. The van der Waals surface area contributed by atoms with Crippen molar-refractivity contribution in [3.05, 3.63) is 35.1 Å². The van der Waals surface area contributed by atoms with Crippen molar-refractivity contribution < 1.29 is 14.4 Å². The minimum atomic E-state index is -1.09. The number of hydrogen-bond acceptors (Lipinski definition) is 6. The largest absolute Gasteiger partial charge is 0.478 e. The lowest BCUT2D eigenvalue weighted by molar-refractivity contribution is 0.0697. The molecule has 0 unspecified atom stereocenters. The SMILES string of the molecule is O=C(O)c1ccnc(NCCc2ncon2)c1Cl. The van der Waals surface area contributed by atoms with Crippen LogP contribution in [0.1, 0.15) is 16.2 Å². The average molecular weight is 269 g/mol. The van der Waals surface area contributed by atoms with Gasteiger partial charge in [-0.1, -0.05) is 16.8 Å². The van der Waals surface area contributed by atoms with Crippen LogP contribution in [-0.2, 0) is 6.42 Å². The molecule has 0 aliphatic carbocycles. The second kappa shape index (κ2) is 5.46. The summed E-state index contributed by atoms with van der Waals surface area (Å²) >= 11 is 5.91. The maximum atomic E-state index is 10.9. The van der Waals surface area contributed by atoms with Crippen LogP contribution in [0.4, 0.5) is 5.82 Å². The third-order valence-electron chi connectivity index (χ3n) is 2.17. The van der Waals surface area contributed by atoms with Gasteiger partial charge in [-0.2, -0.15) is 4.98 Å². The molecule has 2 rings (SSSR count). The predicted molar refractivity (Wildman–Crippen MR) is 62.7 cm³/mol. The number of carboxylic acids is 1. The van der Waals surface area contributed by atoms with E-state index in [0.29, 0.717) is 24.6 Å². The van der Waals surface area contributed by atoms with Crippen LogP contribution in [0.5, 0.6) is 0 Å². The van der Waals surface area contributed by atoms with Gasteiger partial charge in [0.1, 0.15) is 5.82 Å². The van der Waals surface area contributed by atoms with Gasteiger partial charge in [0.05, 0.1) is 10.6 Å². The molecule has 0 spiro atoms. The lowest BCUT2D eigenvalue weighted by Gasteiger charge is -2.07. The van der Waals surface area contributed by atoms with Gasteiger partial charge in [-0.05, 0) is 6.07 Å². The molecule has 7 nitrogen and oxygen atoms in total. The molecule has 18 heavy (non-hydrogen) atoms. The number of carbonyl (C=O) groups is 1. The molecule has 0 fully saturated rings. The fourth-order valence-electron chi connectivity index (χ4n) is 1.33. The van der Waals surface area contributed by atoms with Gasteiger partial charge in [0.15, 0.2) is 5.82 Å². The van der Waals surface area contributed by atoms with E-state index in [-0.39, 0.29) is 10.6 Å². The summed E-state index contributed by atoms with van der Waals surface area (Å²) in [6.07, 6.45) is 3.14. The van der Waals surface area contributed by atoms with E-state index in [1.54, 1.807) is 0 Å². The molecule has 0 saturated heterocycles. The van der Waals surface area contributed by atoms with E-state index in [4.69, 9.17) is 16.7 Å². The Morgan fingerprint density at radius 2 is 2.33 bits per heavy atom. The molecule has 0 aromatic carbocycles. The highest BCUT2D eigenvalue weighted by molar-refractivity contribution is 6.35. The van der Waals surface area contributed by atoms with E-state index >= 15 is 0 Å². The number of halogens is 1. The van der Waals surface area contributed by atoms with Crippen molar-refractivity contribution in [2.75, 3.05) is 11.9 Å². The second-order valence-corrected chi connectivity index (χ2v) is 3.73. The van der Waals surface area contributed by atoms with Crippen LogP contribution in [0.15, 0.2) is 23.2 Å². The van der Waals surface area contributed by atoms with Crippen LogP contribution >= 0.6 is 11.6 Å². The quantitative estimate of drug-likeness (QED) is 0.846.